The van der Waals surface area contributed by atoms with Crippen molar-refractivity contribution >= 4 is 33.3 Å². The molecule has 0 aromatic heterocycles. The SMILES string of the molecule is CCOC(=O)NC(=S)N1CCS(=O)(=O)CC1. The molecular formula is C8H14N2O4S2. The van der Waals surface area contributed by atoms with E-state index in [0.29, 0.717) is 13.1 Å². The van der Waals surface area contributed by atoms with Gasteiger partial charge in [-0.05, 0) is 19.1 Å². The normalized spacial score (nSPS) is 18.9. The second-order valence-corrected chi connectivity index (χ2v) is 5.98. The summed E-state index contributed by atoms with van der Waals surface area (Å²) in [5, 5.41) is 2.60. The van der Waals surface area contributed by atoms with E-state index in [9.17, 15) is 13.2 Å². The molecule has 8 heteroatoms. The quantitative estimate of drug-likeness (QED) is 0.660. The fraction of sp³-hybridized carbons (Fsp3) is 0.750. The van der Waals surface area contributed by atoms with Crippen LogP contribution in [-0.4, -0.2) is 55.7 Å². The Morgan fingerprint density at radius 3 is 2.50 bits per heavy atom. The van der Waals surface area contributed by atoms with Gasteiger partial charge in [0, 0.05) is 13.1 Å². The van der Waals surface area contributed by atoms with Crippen LogP contribution in [0.15, 0.2) is 0 Å². The number of hydrogen-bond acceptors (Lipinski definition) is 5. The third-order valence-electron chi connectivity index (χ3n) is 2.12. The number of thiocarbonyl (C=S) groups is 1. The monoisotopic (exact) mass is 266 g/mol. The molecule has 0 radical (unpaired) electrons. The zero-order chi connectivity index (χ0) is 12.2. The summed E-state index contributed by atoms with van der Waals surface area (Å²) in [7, 11) is -2.93. The van der Waals surface area contributed by atoms with Crippen molar-refractivity contribution in [1.82, 2.24) is 10.2 Å². The largest absolute Gasteiger partial charge is 0.450 e. The third kappa shape index (κ3) is 3.93. The standard InChI is InChI=1S/C8H14N2O4S2/c1-2-14-8(11)9-7(15)10-3-5-16(12,13)6-4-10/h2-6H2,1H3,(H,9,11,15). The van der Waals surface area contributed by atoms with Crippen molar-refractivity contribution < 1.29 is 17.9 Å². The molecule has 0 spiro atoms. The number of ether oxygens (including phenoxy) is 1. The van der Waals surface area contributed by atoms with E-state index in [1.54, 1.807) is 11.8 Å². The number of nitrogens with one attached hydrogen (secondary N) is 1. The van der Waals surface area contributed by atoms with Gasteiger partial charge in [-0.2, -0.15) is 0 Å². The Balaban J connectivity index is 2.42. The molecule has 0 saturated carbocycles. The van der Waals surface area contributed by atoms with Gasteiger partial charge in [0.25, 0.3) is 0 Å². The van der Waals surface area contributed by atoms with Crippen LogP contribution in [0.25, 0.3) is 0 Å². The van der Waals surface area contributed by atoms with E-state index in [2.05, 4.69) is 10.1 Å². The highest BCUT2D eigenvalue weighted by atomic mass is 32.2. The number of rotatable bonds is 1. The number of alkyl carbamates (subject to hydrolysis) is 1. The van der Waals surface area contributed by atoms with Crippen LogP contribution in [0.1, 0.15) is 6.92 Å². The Morgan fingerprint density at radius 1 is 1.44 bits per heavy atom. The first-order chi connectivity index (χ1) is 7.44. The maximum absolute atomic E-state index is 11.2. The van der Waals surface area contributed by atoms with Crippen LogP contribution in [0.4, 0.5) is 4.79 Å². The molecule has 1 fully saturated rings. The summed E-state index contributed by atoms with van der Waals surface area (Å²) in [5.41, 5.74) is 0. The van der Waals surface area contributed by atoms with Crippen LogP contribution in [0.3, 0.4) is 0 Å². The van der Waals surface area contributed by atoms with E-state index in [1.807, 2.05) is 0 Å². The molecule has 0 unspecified atom stereocenters. The Labute approximate surface area is 99.9 Å². The molecule has 0 aliphatic carbocycles. The van der Waals surface area contributed by atoms with Crippen molar-refractivity contribution in [2.24, 2.45) is 0 Å². The lowest BCUT2D eigenvalue weighted by Gasteiger charge is -2.28. The fourth-order valence-corrected chi connectivity index (χ4v) is 2.72. The second kappa shape index (κ2) is 5.44. The van der Waals surface area contributed by atoms with Crippen LogP contribution in [-0.2, 0) is 14.6 Å². The summed E-state index contributed by atoms with van der Waals surface area (Å²) < 4.78 is 27.0. The molecule has 0 aromatic rings. The van der Waals surface area contributed by atoms with Gasteiger partial charge in [0.2, 0.25) is 0 Å². The molecule has 1 N–H and O–H groups in total. The number of sulfone groups is 1. The van der Waals surface area contributed by atoms with Crippen molar-refractivity contribution in [2.45, 2.75) is 6.92 Å². The van der Waals surface area contributed by atoms with E-state index >= 15 is 0 Å². The molecule has 1 aliphatic heterocycles. The van der Waals surface area contributed by atoms with E-state index in [1.165, 1.54) is 0 Å². The minimum atomic E-state index is -2.93. The van der Waals surface area contributed by atoms with Crippen molar-refractivity contribution in [3.63, 3.8) is 0 Å². The highest BCUT2D eigenvalue weighted by Crippen LogP contribution is 2.03. The van der Waals surface area contributed by atoms with Crippen molar-refractivity contribution in [3.8, 4) is 0 Å². The highest BCUT2D eigenvalue weighted by molar-refractivity contribution is 7.91. The number of hydrogen-bond donors (Lipinski definition) is 1. The number of amides is 1. The highest BCUT2D eigenvalue weighted by Gasteiger charge is 2.23. The molecule has 1 heterocycles. The summed E-state index contributed by atoms with van der Waals surface area (Å²) in [6.07, 6.45) is -0.610. The first-order valence-corrected chi connectivity index (χ1v) is 7.10. The molecule has 16 heavy (non-hydrogen) atoms. The minimum Gasteiger partial charge on any atom is -0.450 e. The fourth-order valence-electron chi connectivity index (χ4n) is 1.25. The van der Waals surface area contributed by atoms with Crippen LogP contribution in [0.2, 0.25) is 0 Å². The summed E-state index contributed by atoms with van der Waals surface area (Å²) in [6, 6.07) is 0. The summed E-state index contributed by atoms with van der Waals surface area (Å²) >= 11 is 4.96. The predicted molar refractivity (Wildman–Crippen MR) is 63.0 cm³/mol. The van der Waals surface area contributed by atoms with Crippen LogP contribution in [0.5, 0.6) is 0 Å². The molecule has 1 aliphatic rings. The van der Waals surface area contributed by atoms with Crippen LogP contribution >= 0.6 is 12.2 Å². The second-order valence-electron chi connectivity index (χ2n) is 3.29. The maximum atomic E-state index is 11.2. The van der Waals surface area contributed by atoms with Crippen molar-refractivity contribution in [2.75, 3.05) is 31.2 Å². The Kier molecular flexibility index (Phi) is 4.48. The van der Waals surface area contributed by atoms with E-state index < -0.39 is 15.9 Å². The van der Waals surface area contributed by atoms with E-state index in [-0.39, 0.29) is 23.2 Å². The van der Waals surface area contributed by atoms with Gasteiger partial charge in [-0.3, -0.25) is 5.32 Å². The average Bonchev–Trinajstić information content (AvgIpc) is 2.17. The molecule has 0 bridgehead atoms. The Morgan fingerprint density at radius 2 is 2.00 bits per heavy atom. The lowest BCUT2D eigenvalue weighted by atomic mass is 10.5. The molecule has 1 amide bonds. The molecule has 1 saturated heterocycles. The predicted octanol–water partition coefficient (Wildman–Crippen LogP) is -0.252. The van der Waals surface area contributed by atoms with Gasteiger partial charge >= 0.3 is 6.09 Å². The van der Waals surface area contributed by atoms with Gasteiger partial charge in [-0.25, -0.2) is 13.2 Å². The Bertz CT molecular complexity index is 365. The molecule has 6 nitrogen and oxygen atoms in total. The van der Waals surface area contributed by atoms with Gasteiger partial charge in [0.1, 0.15) is 0 Å². The topological polar surface area (TPSA) is 75.7 Å². The zero-order valence-corrected chi connectivity index (χ0v) is 10.6. The molecule has 0 atom stereocenters. The van der Waals surface area contributed by atoms with Crippen LogP contribution < -0.4 is 5.32 Å². The maximum Gasteiger partial charge on any atom is 0.413 e. The summed E-state index contributed by atoms with van der Waals surface area (Å²) in [5.74, 6) is 0.134. The van der Waals surface area contributed by atoms with Crippen molar-refractivity contribution in [3.05, 3.63) is 0 Å². The number of carbonyl (C=O) groups is 1. The van der Waals surface area contributed by atoms with E-state index in [4.69, 9.17) is 12.2 Å². The lowest BCUT2D eigenvalue weighted by Crippen LogP contribution is -2.49. The lowest BCUT2D eigenvalue weighted by molar-refractivity contribution is 0.157. The number of carbonyl (C=O) groups excluding carboxylic acids is 1. The van der Waals surface area contributed by atoms with Gasteiger partial charge in [0.15, 0.2) is 14.9 Å². The number of nitrogens with zero attached hydrogens (tertiary/aromatic N) is 1. The first-order valence-electron chi connectivity index (χ1n) is 4.87. The van der Waals surface area contributed by atoms with Crippen LogP contribution in [0, 0.1) is 0 Å². The molecule has 0 aromatic carbocycles. The average molecular weight is 266 g/mol. The van der Waals surface area contributed by atoms with Gasteiger partial charge < -0.3 is 9.64 Å². The Hall–Kier alpha value is -0.890. The summed E-state index contributed by atoms with van der Waals surface area (Å²) in [6.45, 7) is 2.58. The van der Waals surface area contributed by atoms with Gasteiger partial charge in [-0.15, -0.1) is 0 Å². The molecule has 1 rings (SSSR count). The minimum absolute atomic E-state index is 0.0671. The molecule has 92 valence electrons. The summed E-state index contributed by atoms with van der Waals surface area (Å²) in [4.78, 5) is 12.7. The van der Waals surface area contributed by atoms with Gasteiger partial charge in [-0.1, -0.05) is 0 Å². The third-order valence-corrected chi connectivity index (χ3v) is 4.09. The van der Waals surface area contributed by atoms with Gasteiger partial charge in [0.05, 0.1) is 18.1 Å². The first kappa shape index (κ1) is 13.2. The smallest absolute Gasteiger partial charge is 0.413 e. The zero-order valence-electron chi connectivity index (χ0n) is 8.93. The molecular weight excluding hydrogens is 252 g/mol. The van der Waals surface area contributed by atoms with Crippen molar-refractivity contribution in [1.29, 1.82) is 0 Å². The van der Waals surface area contributed by atoms with E-state index in [0.717, 1.165) is 0 Å².